The molecular formula is C23H21F3N4O3. The lowest BCUT2D eigenvalue weighted by molar-refractivity contribution is -0.192. The number of carbonyl (C=O) groups excluding carboxylic acids is 1. The minimum atomic E-state index is -5.08. The fraction of sp³-hybridized carbons (Fsp3) is 0.348. The van der Waals surface area contributed by atoms with Crippen molar-refractivity contribution in [3.05, 3.63) is 65.4 Å². The highest BCUT2D eigenvalue weighted by Gasteiger charge is 2.38. The van der Waals surface area contributed by atoms with Gasteiger partial charge in [0.05, 0.1) is 16.8 Å². The lowest BCUT2D eigenvalue weighted by atomic mass is 10.0. The molecule has 2 aromatic heterocycles. The van der Waals surface area contributed by atoms with Crippen LogP contribution in [0.3, 0.4) is 0 Å². The molecule has 1 N–H and O–H groups in total. The van der Waals surface area contributed by atoms with Crippen LogP contribution in [0.5, 0.6) is 0 Å². The Labute approximate surface area is 187 Å². The SMILES string of the molecule is O=C(O)C(F)(F)F.O=C(c1cnc2ccccc2c1)N1CCc2ncnc(C3CC3)c2CC1. The summed E-state index contributed by atoms with van der Waals surface area (Å²) in [7, 11) is 0. The maximum Gasteiger partial charge on any atom is 0.490 e. The van der Waals surface area contributed by atoms with Gasteiger partial charge in [0, 0.05) is 42.7 Å². The van der Waals surface area contributed by atoms with Crippen LogP contribution in [-0.4, -0.2) is 56.1 Å². The zero-order valence-electron chi connectivity index (χ0n) is 17.5. The summed E-state index contributed by atoms with van der Waals surface area (Å²) in [6.07, 6.45) is 2.40. The molecule has 1 saturated carbocycles. The summed E-state index contributed by atoms with van der Waals surface area (Å²) in [4.78, 5) is 37.3. The van der Waals surface area contributed by atoms with E-state index in [1.165, 1.54) is 24.1 Å². The van der Waals surface area contributed by atoms with Gasteiger partial charge in [-0.1, -0.05) is 18.2 Å². The second kappa shape index (κ2) is 9.13. The van der Waals surface area contributed by atoms with Crippen LogP contribution in [0, 0.1) is 0 Å². The van der Waals surface area contributed by atoms with Gasteiger partial charge in [0.15, 0.2) is 0 Å². The highest BCUT2D eigenvalue weighted by atomic mass is 19.4. The minimum absolute atomic E-state index is 0.0528. The number of para-hydroxylation sites is 1. The Morgan fingerprint density at radius 3 is 2.42 bits per heavy atom. The van der Waals surface area contributed by atoms with Crippen molar-refractivity contribution in [2.24, 2.45) is 0 Å². The molecule has 5 rings (SSSR count). The van der Waals surface area contributed by atoms with Gasteiger partial charge >= 0.3 is 12.1 Å². The molecule has 1 aliphatic carbocycles. The number of benzene rings is 1. The van der Waals surface area contributed by atoms with E-state index in [4.69, 9.17) is 9.90 Å². The van der Waals surface area contributed by atoms with E-state index in [0.717, 1.165) is 29.4 Å². The highest BCUT2D eigenvalue weighted by Crippen LogP contribution is 2.41. The molecule has 10 heteroatoms. The molecule has 0 radical (unpaired) electrons. The summed E-state index contributed by atoms with van der Waals surface area (Å²) >= 11 is 0. The third-order valence-corrected chi connectivity index (χ3v) is 5.65. The van der Waals surface area contributed by atoms with Crippen molar-refractivity contribution in [3.8, 4) is 0 Å². The van der Waals surface area contributed by atoms with Crippen molar-refractivity contribution in [1.82, 2.24) is 19.9 Å². The molecule has 0 atom stereocenters. The van der Waals surface area contributed by atoms with Crippen molar-refractivity contribution in [1.29, 1.82) is 0 Å². The summed E-state index contributed by atoms with van der Waals surface area (Å²) in [5.41, 5.74) is 5.19. The van der Waals surface area contributed by atoms with E-state index in [-0.39, 0.29) is 5.91 Å². The van der Waals surface area contributed by atoms with Gasteiger partial charge in [-0.15, -0.1) is 0 Å². The fourth-order valence-electron chi connectivity index (χ4n) is 3.83. The molecule has 2 aliphatic rings. The molecule has 1 amide bonds. The third kappa shape index (κ3) is 5.27. The summed E-state index contributed by atoms with van der Waals surface area (Å²) in [6.45, 7) is 1.41. The smallest absolute Gasteiger partial charge is 0.475 e. The molecule has 1 aromatic carbocycles. The number of carboxylic acids is 1. The van der Waals surface area contributed by atoms with Gasteiger partial charge in [-0.3, -0.25) is 9.78 Å². The lowest BCUT2D eigenvalue weighted by Crippen LogP contribution is -2.33. The number of hydrogen-bond acceptors (Lipinski definition) is 5. The van der Waals surface area contributed by atoms with Crippen LogP contribution in [0.15, 0.2) is 42.9 Å². The Hall–Kier alpha value is -3.56. The van der Waals surface area contributed by atoms with Crippen molar-refractivity contribution < 1.29 is 27.9 Å². The van der Waals surface area contributed by atoms with Crippen molar-refractivity contribution >= 4 is 22.8 Å². The van der Waals surface area contributed by atoms with Gasteiger partial charge in [0.25, 0.3) is 5.91 Å². The maximum atomic E-state index is 13.0. The van der Waals surface area contributed by atoms with Crippen LogP contribution in [0.4, 0.5) is 13.2 Å². The zero-order valence-corrected chi connectivity index (χ0v) is 17.5. The second-order valence-corrected chi connectivity index (χ2v) is 7.97. The van der Waals surface area contributed by atoms with Gasteiger partial charge in [-0.05, 0) is 37.0 Å². The third-order valence-electron chi connectivity index (χ3n) is 5.65. The summed E-state index contributed by atoms with van der Waals surface area (Å²) in [5, 5.41) is 8.12. The largest absolute Gasteiger partial charge is 0.490 e. The average Bonchev–Trinajstić information content (AvgIpc) is 3.65. The number of pyridine rings is 1. The molecule has 0 saturated heterocycles. The Bertz CT molecular complexity index is 1200. The first-order valence-corrected chi connectivity index (χ1v) is 10.5. The van der Waals surface area contributed by atoms with E-state index in [1.54, 1.807) is 12.5 Å². The predicted molar refractivity (Wildman–Crippen MR) is 113 cm³/mol. The summed E-state index contributed by atoms with van der Waals surface area (Å²) in [5.74, 6) is -2.09. The number of halogens is 3. The maximum absolute atomic E-state index is 13.0. The monoisotopic (exact) mass is 458 g/mol. The van der Waals surface area contributed by atoms with Crippen molar-refractivity contribution in [3.63, 3.8) is 0 Å². The first-order chi connectivity index (χ1) is 15.7. The molecule has 3 heterocycles. The van der Waals surface area contributed by atoms with Crippen molar-refractivity contribution in [2.75, 3.05) is 13.1 Å². The Morgan fingerprint density at radius 1 is 1.03 bits per heavy atom. The van der Waals surface area contributed by atoms with E-state index >= 15 is 0 Å². The molecular weight excluding hydrogens is 437 g/mol. The number of nitrogens with zero attached hydrogens (tertiary/aromatic N) is 4. The standard InChI is InChI=1S/C21H20N4O.C2HF3O2/c26-21(16-11-15-3-1-2-4-18(15)22-12-16)25-9-7-17-19(8-10-25)23-13-24-20(17)14-5-6-14;3-2(4,5)1(6)7/h1-4,11-14H,5-10H2;(H,6,7). The zero-order chi connectivity index (χ0) is 23.6. The van der Waals surface area contributed by atoms with Gasteiger partial charge in [0.1, 0.15) is 6.33 Å². The van der Waals surface area contributed by atoms with Crippen LogP contribution in [0.25, 0.3) is 10.9 Å². The molecule has 172 valence electrons. The molecule has 0 spiro atoms. The number of aliphatic carboxylic acids is 1. The first-order valence-electron chi connectivity index (χ1n) is 10.5. The predicted octanol–water partition coefficient (Wildman–Crippen LogP) is 3.78. The summed E-state index contributed by atoms with van der Waals surface area (Å²) < 4.78 is 31.7. The lowest BCUT2D eigenvalue weighted by Gasteiger charge is -2.20. The van der Waals surface area contributed by atoms with Crippen molar-refractivity contribution in [2.45, 2.75) is 37.8 Å². The van der Waals surface area contributed by atoms with E-state index in [2.05, 4.69) is 15.0 Å². The van der Waals surface area contributed by atoms with Gasteiger partial charge in [0.2, 0.25) is 0 Å². The quantitative estimate of drug-likeness (QED) is 0.628. The molecule has 33 heavy (non-hydrogen) atoms. The van der Waals surface area contributed by atoms with E-state index in [1.807, 2.05) is 35.2 Å². The number of alkyl halides is 3. The van der Waals surface area contributed by atoms with Gasteiger partial charge in [-0.2, -0.15) is 13.2 Å². The second-order valence-electron chi connectivity index (χ2n) is 7.97. The molecule has 0 unspecified atom stereocenters. The van der Waals surface area contributed by atoms with E-state index < -0.39 is 12.1 Å². The molecule has 7 nitrogen and oxygen atoms in total. The fourth-order valence-corrected chi connectivity index (χ4v) is 3.83. The highest BCUT2D eigenvalue weighted by molar-refractivity contribution is 5.97. The van der Waals surface area contributed by atoms with Crippen LogP contribution in [-0.2, 0) is 17.6 Å². The minimum Gasteiger partial charge on any atom is -0.475 e. The molecule has 1 aliphatic heterocycles. The Morgan fingerprint density at radius 2 is 1.73 bits per heavy atom. The number of amides is 1. The van der Waals surface area contributed by atoms with E-state index in [0.29, 0.717) is 24.6 Å². The Balaban J connectivity index is 0.000000325. The molecule has 1 fully saturated rings. The number of carbonyl (C=O) groups is 2. The van der Waals surface area contributed by atoms with Crippen LogP contribution in [0.2, 0.25) is 0 Å². The summed E-state index contributed by atoms with van der Waals surface area (Å²) in [6, 6.07) is 9.83. The topological polar surface area (TPSA) is 96.3 Å². The number of hydrogen-bond donors (Lipinski definition) is 1. The number of carboxylic acid groups (broad SMARTS) is 1. The molecule has 3 aromatic rings. The average molecular weight is 458 g/mol. The number of aromatic nitrogens is 3. The Kier molecular flexibility index (Phi) is 6.26. The van der Waals surface area contributed by atoms with Gasteiger partial charge in [-0.25, -0.2) is 14.8 Å². The molecule has 0 bridgehead atoms. The van der Waals surface area contributed by atoms with E-state index in [9.17, 15) is 18.0 Å². The number of fused-ring (bicyclic) bond motifs is 2. The first kappa shape index (κ1) is 22.6. The van der Waals surface area contributed by atoms with Crippen LogP contribution < -0.4 is 0 Å². The number of rotatable bonds is 2. The normalized spacial score (nSPS) is 15.8. The van der Waals surface area contributed by atoms with Crippen LogP contribution >= 0.6 is 0 Å². The van der Waals surface area contributed by atoms with Gasteiger partial charge < -0.3 is 10.0 Å². The van der Waals surface area contributed by atoms with Crippen LogP contribution in [0.1, 0.15) is 46.1 Å².